The molecular weight excluding hydrogens is 257 g/mol. The van der Waals surface area contributed by atoms with E-state index in [1.165, 1.54) is 0 Å². The SMILES string of the molecule is [Cd+2].[O-]P([O-])[O-].[Zn+2]. The first-order chi connectivity index (χ1) is 1.73. The van der Waals surface area contributed by atoms with Gasteiger partial charge in [0, 0.05) is 0 Å². The van der Waals surface area contributed by atoms with Crippen molar-refractivity contribution in [3.8, 4) is 0 Å². The summed E-state index contributed by atoms with van der Waals surface area (Å²) in [6.07, 6.45) is 0. The van der Waals surface area contributed by atoms with Crippen molar-refractivity contribution in [1.29, 1.82) is 0 Å². The Hall–Kier alpha value is 1.86. The van der Waals surface area contributed by atoms with Gasteiger partial charge >= 0.3 is 46.8 Å². The van der Waals surface area contributed by atoms with Crippen LogP contribution in [0.4, 0.5) is 0 Å². The Kier molecular flexibility index (Phi) is 26.0. The van der Waals surface area contributed by atoms with E-state index in [0.717, 1.165) is 0 Å². The van der Waals surface area contributed by atoms with Gasteiger partial charge in [0.05, 0.1) is 0 Å². The predicted octanol–water partition coefficient (Wildman–Crippen LogP) is -2.71. The monoisotopic (exact) mass is 257 g/mol. The molecule has 0 fully saturated rings. The fraction of sp³-hybridized carbons (Fsp3) is 0. The van der Waals surface area contributed by atoms with E-state index in [1.807, 2.05) is 0 Å². The van der Waals surface area contributed by atoms with Crippen LogP contribution in [0, 0.1) is 0 Å². The molecule has 0 rings (SSSR count). The summed E-state index contributed by atoms with van der Waals surface area (Å²) in [5.74, 6) is 0. The molecule has 26 valence electrons. The van der Waals surface area contributed by atoms with Gasteiger partial charge in [0.25, 0.3) is 0 Å². The summed E-state index contributed by atoms with van der Waals surface area (Å²) >= 11 is 0. The van der Waals surface area contributed by atoms with E-state index in [9.17, 15) is 0 Å². The van der Waals surface area contributed by atoms with Crippen LogP contribution >= 0.6 is 8.60 Å². The maximum absolute atomic E-state index is 8.48. The Morgan fingerprint density at radius 1 is 1.00 bits per heavy atom. The van der Waals surface area contributed by atoms with E-state index in [2.05, 4.69) is 0 Å². The van der Waals surface area contributed by atoms with Gasteiger partial charge < -0.3 is 23.3 Å². The molecule has 0 aliphatic rings. The largest absolute Gasteiger partial charge is 2.00 e. The number of hydrogen-bond acceptors (Lipinski definition) is 3. The van der Waals surface area contributed by atoms with Gasteiger partial charge in [-0.2, -0.15) is 0 Å². The zero-order chi connectivity index (χ0) is 3.58. The van der Waals surface area contributed by atoms with Crippen LogP contribution in [0.3, 0.4) is 0 Å². The van der Waals surface area contributed by atoms with Crippen LogP contribution in [0.5, 0.6) is 0 Å². The van der Waals surface area contributed by atoms with Gasteiger partial charge in [-0.15, -0.1) is 0 Å². The first-order valence-electron chi connectivity index (χ1n) is 0.548. The summed E-state index contributed by atoms with van der Waals surface area (Å²) in [6, 6.07) is 0. The van der Waals surface area contributed by atoms with Gasteiger partial charge in [0.2, 0.25) is 0 Å². The molecule has 0 aromatic carbocycles. The summed E-state index contributed by atoms with van der Waals surface area (Å²) in [7, 11) is -3.37. The maximum Gasteiger partial charge on any atom is 2.00 e. The second-order valence-electron chi connectivity index (χ2n) is 0.224. The van der Waals surface area contributed by atoms with Gasteiger partial charge in [-0.25, -0.2) is 0 Å². The summed E-state index contributed by atoms with van der Waals surface area (Å²) in [4.78, 5) is 25.4. The zero-order valence-corrected chi connectivity index (χ0v) is 11.0. The summed E-state index contributed by atoms with van der Waals surface area (Å²) in [6.45, 7) is 0. The summed E-state index contributed by atoms with van der Waals surface area (Å²) in [5.41, 5.74) is 0. The van der Waals surface area contributed by atoms with Crippen molar-refractivity contribution < 1.29 is 61.5 Å². The average molecular weight is 257 g/mol. The first-order valence-corrected chi connectivity index (χ1v) is 1.64. The molecule has 6 heteroatoms. The zero-order valence-electron chi connectivity index (χ0n) is 3.09. The molecule has 0 aliphatic carbocycles. The van der Waals surface area contributed by atoms with Crippen LogP contribution in [0.15, 0.2) is 0 Å². The molecule has 0 saturated heterocycles. The van der Waals surface area contributed by atoms with Crippen LogP contribution in [-0.2, 0) is 46.8 Å². The minimum Gasteiger partial charge on any atom is -0.854 e. The van der Waals surface area contributed by atoms with Gasteiger partial charge in [-0.1, -0.05) is 0 Å². The molecule has 0 atom stereocenters. The summed E-state index contributed by atoms with van der Waals surface area (Å²) in [5, 5.41) is 0. The Bertz CT molecular complexity index is 15.5. The fourth-order valence-corrected chi connectivity index (χ4v) is 0. The van der Waals surface area contributed by atoms with Crippen molar-refractivity contribution in [3.63, 3.8) is 0 Å². The molecule has 6 heavy (non-hydrogen) atoms. The van der Waals surface area contributed by atoms with Gasteiger partial charge in [-0.05, 0) is 0 Å². The Labute approximate surface area is 69.7 Å². The third-order valence-electron chi connectivity index (χ3n) is 0. The number of rotatable bonds is 0. The normalized spacial score (nSPS) is 6.00. The Morgan fingerprint density at radius 3 is 1.00 bits per heavy atom. The van der Waals surface area contributed by atoms with E-state index in [-0.39, 0.29) is 46.8 Å². The third kappa shape index (κ3) is 40.1. The van der Waals surface area contributed by atoms with Gasteiger partial charge in [-0.3, -0.25) is 0 Å². The van der Waals surface area contributed by atoms with Gasteiger partial charge in [0.15, 0.2) is 0 Å². The average Bonchev–Trinajstić information content (AvgIpc) is 0.811. The quantitative estimate of drug-likeness (QED) is 0.350. The minimum absolute atomic E-state index is 0. The van der Waals surface area contributed by atoms with Crippen LogP contribution in [0.1, 0.15) is 0 Å². The molecule has 0 aromatic heterocycles. The molecule has 3 nitrogen and oxygen atoms in total. The predicted molar refractivity (Wildman–Crippen MR) is 6.92 cm³/mol. The van der Waals surface area contributed by atoms with Crippen LogP contribution < -0.4 is 14.7 Å². The third-order valence-corrected chi connectivity index (χ3v) is 0. The van der Waals surface area contributed by atoms with Crippen molar-refractivity contribution in [2.45, 2.75) is 0 Å². The Morgan fingerprint density at radius 2 is 1.00 bits per heavy atom. The molecule has 0 unspecified atom stereocenters. The smallest absolute Gasteiger partial charge is 0.854 e. The van der Waals surface area contributed by atoms with E-state index in [1.54, 1.807) is 0 Å². The number of hydrogen-bond donors (Lipinski definition) is 0. The minimum atomic E-state index is -3.37. The second kappa shape index (κ2) is 9.97. The molecule has 0 aliphatic heterocycles. The fourth-order valence-electron chi connectivity index (χ4n) is 0. The molecule has 0 spiro atoms. The Balaban J connectivity index is -0.0000000450. The van der Waals surface area contributed by atoms with Gasteiger partial charge in [0.1, 0.15) is 0 Å². The second-order valence-corrected chi connectivity index (χ2v) is 0.671. The molecular formula is CdO3PZn+. The molecule has 0 heterocycles. The van der Waals surface area contributed by atoms with Crippen molar-refractivity contribution in [3.05, 3.63) is 0 Å². The van der Waals surface area contributed by atoms with Crippen molar-refractivity contribution >= 4 is 8.60 Å². The molecule has 0 saturated carbocycles. The topological polar surface area (TPSA) is 69.2 Å². The molecule has 0 amide bonds. The van der Waals surface area contributed by atoms with E-state index >= 15 is 0 Å². The molecule has 0 N–H and O–H groups in total. The van der Waals surface area contributed by atoms with E-state index in [0.29, 0.717) is 0 Å². The van der Waals surface area contributed by atoms with Crippen molar-refractivity contribution in [1.82, 2.24) is 0 Å². The summed E-state index contributed by atoms with van der Waals surface area (Å²) < 4.78 is 0. The van der Waals surface area contributed by atoms with E-state index < -0.39 is 8.60 Å². The van der Waals surface area contributed by atoms with E-state index in [4.69, 9.17) is 14.7 Å². The van der Waals surface area contributed by atoms with Crippen molar-refractivity contribution in [2.75, 3.05) is 0 Å². The maximum atomic E-state index is 8.48. The van der Waals surface area contributed by atoms with Crippen LogP contribution in [0.25, 0.3) is 0 Å². The van der Waals surface area contributed by atoms with Crippen LogP contribution in [0.2, 0.25) is 0 Å². The molecule has 0 radical (unpaired) electrons. The standard InChI is InChI=1S/Cd.O3P.Zn/c;1-4(2)3;/q+2;-3;+2. The first kappa shape index (κ1) is 15.7. The molecule has 0 aromatic rings. The molecule has 0 bridgehead atoms. The van der Waals surface area contributed by atoms with Crippen LogP contribution in [-0.4, -0.2) is 0 Å². The van der Waals surface area contributed by atoms with Crippen molar-refractivity contribution in [2.24, 2.45) is 0 Å².